The Balaban J connectivity index is 1.53. The van der Waals surface area contributed by atoms with Gasteiger partial charge in [-0.25, -0.2) is 4.98 Å². The van der Waals surface area contributed by atoms with Crippen molar-refractivity contribution < 1.29 is 14.2 Å². The molecule has 1 aromatic heterocycles. The molecular weight excluding hydrogens is 312 g/mol. The van der Waals surface area contributed by atoms with Crippen molar-refractivity contribution in [1.29, 1.82) is 0 Å². The van der Waals surface area contributed by atoms with Crippen molar-refractivity contribution in [3.63, 3.8) is 0 Å². The van der Waals surface area contributed by atoms with Crippen LogP contribution in [0.2, 0.25) is 0 Å². The normalized spacial score (nSPS) is 12.2. The van der Waals surface area contributed by atoms with Crippen LogP contribution in [0.25, 0.3) is 11.3 Å². The number of nitrogens with one attached hydrogen (secondary N) is 1. The summed E-state index contributed by atoms with van der Waals surface area (Å²) >= 11 is 1.56. The Kier molecular flexibility index (Phi) is 3.51. The molecule has 6 heteroatoms. The van der Waals surface area contributed by atoms with Crippen LogP contribution in [0.5, 0.6) is 17.2 Å². The van der Waals surface area contributed by atoms with Crippen LogP contribution in [0.1, 0.15) is 0 Å². The van der Waals surface area contributed by atoms with Crippen molar-refractivity contribution in [3.8, 4) is 28.5 Å². The number of nitrogens with zero attached hydrogens (tertiary/aromatic N) is 1. The molecule has 0 atom stereocenters. The molecule has 116 valence electrons. The summed E-state index contributed by atoms with van der Waals surface area (Å²) in [4.78, 5) is 4.62. The van der Waals surface area contributed by atoms with Gasteiger partial charge in [0.1, 0.15) is 5.75 Å². The molecule has 23 heavy (non-hydrogen) atoms. The number of fused-ring (bicyclic) bond motifs is 1. The van der Waals surface area contributed by atoms with E-state index in [-0.39, 0.29) is 6.79 Å². The van der Waals surface area contributed by atoms with Gasteiger partial charge in [0, 0.05) is 22.7 Å². The van der Waals surface area contributed by atoms with Gasteiger partial charge in [-0.3, -0.25) is 0 Å². The quantitative estimate of drug-likeness (QED) is 0.775. The maximum absolute atomic E-state index is 5.38. The van der Waals surface area contributed by atoms with Gasteiger partial charge in [0.2, 0.25) is 6.79 Å². The minimum Gasteiger partial charge on any atom is -0.497 e. The first-order valence-electron chi connectivity index (χ1n) is 7.08. The molecule has 1 aliphatic rings. The van der Waals surface area contributed by atoms with Gasteiger partial charge >= 0.3 is 0 Å². The summed E-state index contributed by atoms with van der Waals surface area (Å²) in [5.41, 5.74) is 2.91. The van der Waals surface area contributed by atoms with E-state index in [1.165, 1.54) is 0 Å². The lowest BCUT2D eigenvalue weighted by molar-refractivity contribution is 0.174. The van der Waals surface area contributed by atoms with E-state index in [0.717, 1.165) is 39.3 Å². The number of rotatable bonds is 4. The summed E-state index contributed by atoms with van der Waals surface area (Å²) in [7, 11) is 1.66. The zero-order valence-electron chi connectivity index (χ0n) is 12.4. The van der Waals surface area contributed by atoms with Crippen LogP contribution in [-0.4, -0.2) is 18.9 Å². The molecule has 0 saturated heterocycles. The molecule has 2 heterocycles. The molecule has 4 rings (SSSR count). The number of thiazole rings is 1. The van der Waals surface area contributed by atoms with E-state index in [9.17, 15) is 0 Å². The highest BCUT2D eigenvalue weighted by molar-refractivity contribution is 7.14. The molecule has 3 aromatic rings. The molecule has 0 unspecified atom stereocenters. The van der Waals surface area contributed by atoms with Crippen LogP contribution < -0.4 is 19.5 Å². The number of ether oxygens (including phenoxy) is 3. The van der Waals surface area contributed by atoms with Crippen LogP contribution in [0, 0.1) is 0 Å². The third-order valence-corrected chi connectivity index (χ3v) is 4.27. The first-order valence-corrected chi connectivity index (χ1v) is 7.96. The number of hydrogen-bond donors (Lipinski definition) is 1. The van der Waals surface area contributed by atoms with Crippen LogP contribution in [0.3, 0.4) is 0 Å². The minimum atomic E-state index is 0.275. The molecule has 0 aliphatic carbocycles. The van der Waals surface area contributed by atoms with E-state index < -0.39 is 0 Å². The number of anilines is 2. The minimum absolute atomic E-state index is 0.275. The average Bonchev–Trinajstić information content (AvgIpc) is 3.24. The second kappa shape index (κ2) is 5.81. The summed E-state index contributed by atoms with van der Waals surface area (Å²) in [5, 5.41) is 6.15. The highest BCUT2D eigenvalue weighted by Crippen LogP contribution is 2.36. The maximum Gasteiger partial charge on any atom is 0.231 e. The standard InChI is InChI=1S/C17H14N2O3S/c1-20-13-5-2-11(3-6-13)14-9-23-17(19-14)18-12-4-7-15-16(8-12)22-10-21-15/h2-9H,10H2,1H3,(H,18,19). The Morgan fingerprint density at radius 3 is 2.74 bits per heavy atom. The summed E-state index contributed by atoms with van der Waals surface area (Å²) in [5.74, 6) is 2.36. The predicted molar refractivity (Wildman–Crippen MR) is 89.9 cm³/mol. The largest absolute Gasteiger partial charge is 0.497 e. The van der Waals surface area contributed by atoms with Crippen molar-refractivity contribution in [3.05, 3.63) is 47.8 Å². The van der Waals surface area contributed by atoms with Gasteiger partial charge in [-0.2, -0.15) is 0 Å². The molecule has 1 N–H and O–H groups in total. The first kappa shape index (κ1) is 13.9. The Labute approximate surface area is 137 Å². The molecule has 0 bridgehead atoms. The van der Waals surface area contributed by atoms with Gasteiger partial charge in [0.05, 0.1) is 12.8 Å². The highest BCUT2D eigenvalue weighted by atomic mass is 32.1. The van der Waals surface area contributed by atoms with E-state index in [1.54, 1.807) is 18.4 Å². The van der Waals surface area contributed by atoms with Crippen LogP contribution in [-0.2, 0) is 0 Å². The summed E-state index contributed by atoms with van der Waals surface area (Å²) < 4.78 is 15.9. The van der Waals surface area contributed by atoms with Gasteiger partial charge in [0.25, 0.3) is 0 Å². The van der Waals surface area contributed by atoms with E-state index in [4.69, 9.17) is 14.2 Å². The molecule has 1 aliphatic heterocycles. The number of methoxy groups -OCH3 is 1. The Morgan fingerprint density at radius 2 is 1.91 bits per heavy atom. The molecule has 5 nitrogen and oxygen atoms in total. The second-order valence-electron chi connectivity index (χ2n) is 4.96. The van der Waals surface area contributed by atoms with Crippen molar-refractivity contribution >= 4 is 22.2 Å². The van der Waals surface area contributed by atoms with Gasteiger partial charge in [-0.1, -0.05) is 0 Å². The van der Waals surface area contributed by atoms with Crippen molar-refractivity contribution in [2.45, 2.75) is 0 Å². The topological polar surface area (TPSA) is 52.6 Å². The molecular formula is C17H14N2O3S. The third kappa shape index (κ3) is 2.80. The van der Waals surface area contributed by atoms with E-state index in [1.807, 2.05) is 47.8 Å². The number of benzene rings is 2. The van der Waals surface area contributed by atoms with Gasteiger partial charge in [-0.05, 0) is 36.4 Å². The lowest BCUT2D eigenvalue weighted by Crippen LogP contribution is -1.93. The second-order valence-corrected chi connectivity index (χ2v) is 5.82. The number of hydrogen-bond acceptors (Lipinski definition) is 6. The van der Waals surface area contributed by atoms with Crippen LogP contribution in [0.15, 0.2) is 47.8 Å². The SMILES string of the molecule is COc1ccc(-c2csc(Nc3ccc4c(c3)OCO4)n2)cc1. The van der Waals surface area contributed by atoms with E-state index in [0.29, 0.717) is 0 Å². The fraction of sp³-hybridized carbons (Fsp3) is 0.118. The third-order valence-electron chi connectivity index (χ3n) is 3.51. The average molecular weight is 326 g/mol. The van der Waals surface area contributed by atoms with E-state index in [2.05, 4.69) is 10.3 Å². The summed E-state index contributed by atoms with van der Waals surface area (Å²) in [6, 6.07) is 13.6. The zero-order valence-corrected chi connectivity index (χ0v) is 13.2. The number of aromatic nitrogens is 1. The summed E-state index contributed by atoms with van der Waals surface area (Å²) in [6.07, 6.45) is 0. The van der Waals surface area contributed by atoms with Crippen molar-refractivity contribution in [2.75, 3.05) is 19.2 Å². The van der Waals surface area contributed by atoms with Crippen molar-refractivity contribution in [1.82, 2.24) is 4.98 Å². The Bertz CT molecular complexity index is 830. The summed E-state index contributed by atoms with van der Waals surface area (Å²) in [6.45, 7) is 0.275. The van der Waals surface area contributed by atoms with Gasteiger partial charge in [0.15, 0.2) is 16.6 Å². The fourth-order valence-electron chi connectivity index (χ4n) is 2.32. The van der Waals surface area contributed by atoms with Crippen LogP contribution in [0.4, 0.5) is 10.8 Å². The lowest BCUT2D eigenvalue weighted by Gasteiger charge is -2.04. The molecule has 0 spiro atoms. The Morgan fingerprint density at radius 1 is 1.09 bits per heavy atom. The van der Waals surface area contributed by atoms with Crippen LogP contribution >= 0.6 is 11.3 Å². The van der Waals surface area contributed by atoms with E-state index >= 15 is 0 Å². The lowest BCUT2D eigenvalue weighted by atomic mass is 10.2. The monoisotopic (exact) mass is 326 g/mol. The molecule has 0 fully saturated rings. The predicted octanol–water partition coefficient (Wildman–Crippen LogP) is 4.29. The molecule has 0 radical (unpaired) electrons. The fourth-order valence-corrected chi connectivity index (χ4v) is 3.06. The smallest absolute Gasteiger partial charge is 0.231 e. The van der Waals surface area contributed by atoms with Gasteiger partial charge < -0.3 is 19.5 Å². The maximum atomic E-state index is 5.38. The van der Waals surface area contributed by atoms with Crippen molar-refractivity contribution in [2.24, 2.45) is 0 Å². The molecule has 2 aromatic carbocycles. The Hall–Kier alpha value is -2.73. The highest BCUT2D eigenvalue weighted by Gasteiger charge is 2.13. The van der Waals surface area contributed by atoms with Gasteiger partial charge in [-0.15, -0.1) is 11.3 Å². The molecule has 0 saturated carbocycles. The molecule has 0 amide bonds. The zero-order chi connectivity index (χ0) is 15.6. The first-order chi connectivity index (χ1) is 11.3.